The molecule has 1 aliphatic heterocycles. The molecule has 1 N–H and O–H groups in total. The molecular weight excluding hydrogens is 295 g/mol. The van der Waals surface area contributed by atoms with Gasteiger partial charge in [-0.15, -0.1) is 0 Å². The first kappa shape index (κ1) is 15.3. The summed E-state index contributed by atoms with van der Waals surface area (Å²) in [7, 11) is -4.29. The van der Waals surface area contributed by atoms with Crippen LogP contribution in [0.3, 0.4) is 0 Å². The standard InChI is InChI=1S/C12H14F3NO3S/c1-7(2)12(17)5-16(6-12)20(18,19)9-4-3-8(13)10(14)11(9)15/h3-4,7,17H,5-6H2,1-2H3. The van der Waals surface area contributed by atoms with E-state index in [1.165, 1.54) is 0 Å². The van der Waals surface area contributed by atoms with Crippen molar-refractivity contribution in [3.05, 3.63) is 29.6 Å². The zero-order valence-electron chi connectivity index (χ0n) is 10.9. The Labute approximate surface area is 114 Å². The van der Waals surface area contributed by atoms with Crippen LogP contribution in [0.5, 0.6) is 0 Å². The minimum Gasteiger partial charge on any atom is -0.387 e. The lowest BCUT2D eigenvalue weighted by atomic mass is 9.85. The molecule has 20 heavy (non-hydrogen) atoms. The number of halogens is 3. The average molecular weight is 309 g/mol. The van der Waals surface area contributed by atoms with Crippen LogP contribution in [0.25, 0.3) is 0 Å². The van der Waals surface area contributed by atoms with E-state index in [1.807, 2.05) is 0 Å². The fraction of sp³-hybridized carbons (Fsp3) is 0.500. The molecule has 0 radical (unpaired) electrons. The summed E-state index contributed by atoms with van der Waals surface area (Å²) in [6.45, 7) is 3.04. The molecule has 0 aliphatic carbocycles. The van der Waals surface area contributed by atoms with E-state index >= 15 is 0 Å². The van der Waals surface area contributed by atoms with Gasteiger partial charge in [0.05, 0.1) is 5.60 Å². The Morgan fingerprint density at radius 3 is 2.25 bits per heavy atom. The van der Waals surface area contributed by atoms with Gasteiger partial charge in [-0.2, -0.15) is 4.31 Å². The highest BCUT2D eigenvalue weighted by molar-refractivity contribution is 7.89. The summed E-state index contributed by atoms with van der Waals surface area (Å²) in [5, 5.41) is 10.0. The number of sulfonamides is 1. The summed E-state index contributed by atoms with van der Waals surface area (Å²) < 4.78 is 64.5. The fourth-order valence-corrected chi connectivity index (χ4v) is 3.57. The molecule has 4 nitrogen and oxygen atoms in total. The Hall–Kier alpha value is -1.12. The van der Waals surface area contributed by atoms with Gasteiger partial charge in [0.1, 0.15) is 4.90 Å². The van der Waals surface area contributed by atoms with E-state index < -0.39 is 38.0 Å². The minimum absolute atomic E-state index is 0.177. The van der Waals surface area contributed by atoms with Crippen LogP contribution in [0.15, 0.2) is 17.0 Å². The SMILES string of the molecule is CC(C)C1(O)CN(S(=O)(=O)c2ccc(F)c(F)c2F)C1. The Kier molecular flexibility index (Phi) is 3.60. The third kappa shape index (κ3) is 2.21. The van der Waals surface area contributed by atoms with E-state index in [0.29, 0.717) is 12.1 Å². The molecule has 0 spiro atoms. The second kappa shape index (κ2) is 4.71. The summed E-state index contributed by atoms with van der Waals surface area (Å²) in [5.74, 6) is -5.21. The van der Waals surface area contributed by atoms with Crippen LogP contribution >= 0.6 is 0 Å². The highest BCUT2D eigenvalue weighted by Gasteiger charge is 2.49. The molecule has 8 heteroatoms. The Morgan fingerprint density at radius 1 is 1.20 bits per heavy atom. The molecule has 1 heterocycles. The highest BCUT2D eigenvalue weighted by Crippen LogP contribution is 2.34. The second-order valence-electron chi connectivity index (χ2n) is 5.20. The maximum Gasteiger partial charge on any atom is 0.246 e. The molecule has 1 fully saturated rings. The third-order valence-electron chi connectivity index (χ3n) is 3.59. The predicted octanol–water partition coefficient (Wildman–Crippen LogP) is 1.50. The van der Waals surface area contributed by atoms with Gasteiger partial charge in [-0.05, 0) is 18.1 Å². The van der Waals surface area contributed by atoms with Crippen LogP contribution < -0.4 is 0 Å². The van der Waals surface area contributed by atoms with Crippen molar-refractivity contribution in [3.8, 4) is 0 Å². The van der Waals surface area contributed by atoms with E-state index in [1.54, 1.807) is 13.8 Å². The van der Waals surface area contributed by atoms with Gasteiger partial charge < -0.3 is 5.11 Å². The molecule has 1 saturated heterocycles. The van der Waals surface area contributed by atoms with Gasteiger partial charge >= 0.3 is 0 Å². The summed E-state index contributed by atoms with van der Waals surface area (Å²) in [6, 6.07) is 1.23. The van der Waals surface area contributed by atoms with Crippen molar-refractivity contribution in [2.75, 3.05) is 13.1 Å². The lowest BCUT2D eigenvalue weighted by Crippen LogP contribution is -2.65. The van der Waals surface area contributed by atoms with Crippen molar-refractivity contribution in [1.82, 2.24) is 4.31 Å². The van der Waals surface area contributed by atoms with Crippen LogP contribution in [-0.2, 0) is 10.0 Å². The van der Waals surface area contributed by atoms with E-state index in [0.717, 1.165) is 4.31 Å². The summed E-state index contributed by atoms with van der Waals surface area (Å²) in [4.78, 5) is -0.929. The zero-order chi connectivity index (χ0) is 15.3. The molecule has 1 aromatic rings. The van der Waals surface area contributed by atoms with Crippen LogP contribution in [0.1, 0.15) is 13.8 Å². The van der Waals surface area contributed by atoms with Gasteiger partial charge in [0.15, 0.2) is 17.5 Å². The number of rotatable bonds is 3. The largest absolute Gasteiger partial charge is 0.387 e. The van der Waals surface area contributed by atoms with Crippen molar-refractivity contribution in [3.63, 3.8) is 0 Å². The summed E-state index contributed by atoms with van der Waals surface area (Å²) in [5.41, 5.74) is -1.18. The molecule has 0 unspecified atom stereocenters. The zero-order valence-corrected chi connectivity index (χ0v) is 11.7. The van der Waals surface area contributed by atoms with E-state index in [9.17, 15) is 26.7 Å². The smallest absolute Gasteiger partial charge is 0.246 e. The maximum absolute atomic E-state index is 13.5. The first-order valence-electron chi connectivity index (χ1n) is 5.95. The van der Waals surface area contributed by atoms with Crippen molar-refractivity contribution >= 4 is 10.0 Å². The van der Waals surface area contributed by atoms with Crippen molar-refractivity contribution in [1.29, 1.82) is 0 Å². The Morgan fingerprint density at radius 2 is 1.75 bits per heavy atom. The van der Waals surface area contributed by atoms with Crippen LogP contribution in [0.4, 0.5) is 13.2 Å². The molecule has 0 aromatic heterocycles. The number of benzene rings is 1. The van der Waals surface area contributed by atoms with Crippen molar-refractivity contribution in [2.45, 2.75) is 24.3 Å². The van der Waals surface area contributed by atoms with Gasteiger partial charge in [-0.1, -0.05) is 13.8 Å². The van der Waals surface area contributed by atoms with Gasteiger partial charge in [0.25, 0.3) is 0 Å². The summed E-state index contributed by atoms with van der Waals surface area (Å²) >= 11 is 0. The Balaban J connectivity index is 2.33. The molecule has 0 atom stereocenters. The minimum atomic E-state index is -4.29. The summed E-state index contributed by atoms with van der Waals surface area (Å²) in [6.07, 6.45) is 0. The number of β-amino-alcohol motifs (C(OH)–C–C–N with tert-alkyl or cyclic N) is 1. The number of nitrogens with zero attached hydrogens (tertiary/aromatic N) is 1. The van der Waals surface area contributed by atoms with Gasteiger partial charge in [0.2, 0.25) is 10.0 Å². The maximum atomic E-state index is 13.5. The number of hydrogen-bond acceptors (Lipinski definition) is 3. The van der Waals surface area contributed by atoms with Gasteiger partial charge in [-0.25, -0.2) is 21.6 Å². The number of aliphatic hydroxyl groups is 1. The van der Waals surface area contributed by atoms with Gasteiger partial charge in [-0.3, -0.25) is 0 Å². The molecule has 0 amide bonds. The first-order chi connectivity index (χ1) is 9.09. The topological polar surface area (TPSA) is 57.6 Å². The van der Waals surface area contributed by atoms with Crippen LogP contribution in [0, 0.1) is 23.4 Å². The molecule has 112 valence electrons. The second-order valence-corrected chi connectivity index (χ2v) is 7.11. The molecule has 0 bridgehead atoms. The molecule has 1 aromatic carbocycles. The van der Waals surface area contributed by atoms with Crippen LogP contribution in [-0.4, -0.2) is 36.5 Å². The lowest BCUT2D eigenvalue weighted by molar-refractivity contribution is -0.0933. The van der Waals surface area contributed by atoms with Crippen molar-refractivity contribution < 1.29 is 26.7 Å². The van der Waals surface area contributed by atoms with Gasteiger partial charge in [0, 0.05) is 13.1 Å². The first-order valence-corrected chi connectivity index (χ1v) is 7.39. The molecule has 2 rings (SSSR count). The van der Waals surface area contributed by atoms with Crippen molar-refractivity contribution in [2.24, 2.45) is 5.92 Å². The lowest BCUT2D eigenvalue weighted by Gasteiger charge is -2.47. The quantitative estimate of drug-likeness (QED) is 0.861. The molecule has 1 aliphatic rings. The predicted molar refractivity (Wildman–Crippen MR) is 64.9 cm³/mol. The van der Waals surface area contributed by atoms with E-state index in [-0.39, 0.29) is 19.0 Å². The van der Waals surface area contributed by atoms with E-state index in [2.05, 4.69) is 0 Å². The normalized spacial score (nSPS) is 19.1. The fourth-order valence-electron chi connectivity index (χ4n) is 1.95. The molecular formula is C12H14F3NO3S. The number of hydrogen-bond donors (Lipinski definition) is 1. The van der Waals surface area contributed by atoms with Crippen LogP contribution in [0.2, 0.25) is 0 Å². The molecule has 0 saturated carbocycles. The third-order valence-corrected chi connectivity index (χ3v) is 5.40. The monoisotopic (exact) mass is 309 g/mol. The average Bonchev–Trinajstić information content (AvgIpc) is 2.31. The Bertz CT molecular complexity index is 640. The van der Waals surface area contributed by atoms with E-state index in [4.69, 9.17) is 0 Å². The highest BCUT2D eigenvalue weighted by atomic mass is 32.2.